The van der Waals surface area contributed by atoms with Crippen LogP contribution in [0.15, 0.2) is 42.5 Å². The molecule has 2 rings (SSSR count). The summed E-state index contributed by atoms with van der Waals surface area (Å²) in [5.41, 5.74) is 1.70. The summed E-state index contributed by atoms with van der Waals surface area (Å²) in [4.78, 5) is 35.6. The monoisotopic (exact) mass is 401 g/mol. The molecule has 8 heteroatoms. The molecule has 29 heavy (non-hydrogen) atoms. The molecule has 0 saturated heterocycles. The summed E-state index contributed by atoms with van der Waals surface area (Å²) < 4.78 is 15.7. The molecule has 0 spiro atoms. The van der Waals surface area contributed by atoms with Crippen LogP contribution in [-0.4, -0.2) is 39.2 Å². The predicted octanol–water partition coefficient (Wildman–Crippen LogP) is 1.19. The van der Waals surface area contributed by atoms with Gasteiger partial charge in [-0.05, 0) is 30.2 Å². The van der Waals surface area contributed by atoms with Gasteiger partial charge in [-0.3, -0.25) is 9.59 Å². The fraction of sp³-hybridized carbons (Fsp3) is 0.333. The summed E-state index contributed by atoms with van der Waals surface area (Å²) in [5.74, 6) is -0.406. The maximum Gasteiger partial charge on any atom is 0.315 e. The Balaban J connectivity index is 2.13. The Morgan fingerprint density at radius 3 is 2.48 bits per heavy atom. The highest BCUT2D eigenvalue weighted by atomic mass is 16.5. The van der Waals surface area contributed by atoms with Gasteiger partial charge in [0.2, 0.25) is 5.91 Å². The number of esters is 1. The average molecular weight is 401 g/mol. The SMILES string of the molecule is CCOC(=O)C(CNC(=O)Cc1cccc([NH+]=O)c1)c1ccc(OC)c(OC)c1. The lowest BCUT2D eigenvalue weighted by molar-refractivity contribution is -0.379. The summed E-state index contributed by atoms with van der Waals surface area (Å²) in [7, 11) is 3.03. The van der Waals surface area contributed by atoms with E-state index < -0.39 is 11.9 Å². The second kappa shape index (κ2) is 10.8. The molecule has 0 heterocycles. The second-order valence-corrected chi connectivity index (χ2v) is 6.20. The third-order valence-corrected chi connectivity index (χ3v) is 4.29. The van der Waals surface area contributed by atoms with Gasteiger partial charge in [0.1, 0.15) is 0 Å². The van der Waals surface area contributed by atoms with E-state index in [2.05, 4.69) is 5.32 Å². The summed E-state index contributed by atoms with van der Waals surface area (Å²) in [6, 6.07) is 11.8. The maximum atomic E-state index is 12.5. The van der Waals surface area contributed by atoms with Crippen molar-refractivity contribution in [2.24, 2.45) is 0 Å². The van der Waals surface area contributed by atoms with E-state index in [1.54, 1.807) is 54.6 Å². The van der Waals surface area contributed by atoms with E-state index in [-0.39, 0.29) is 25.5 Å². The normalized spacial score (nSPS) is 11.3. The van der Waals surface area contributed by atoms with Gasteiger partial charge in [0.05, 0.1) is 33.2 Å². The van der Waals surface area contributed by atoms with E-state index in [9.17, 15) is 14.5 Å². The van der Waals surface area contributed by atoms with Crippen LogP contribution in [0.5, 0.6) is 11.5 Å². The molecule has 154 valence electrons. The molecular formula is C21H25N2O6+. The van der Waals surface area contributed by atoms with Crippen LogP contribution in [0.1, 0.15) is 24.0 Å². The van der Waals surface area contributed by atoms with Crippen molar-refractivity contribution >= 4 is 17.6 Å². The zero-order valence-corrected chi connectivity index (χ0v) is 16.7. The fourth-order valence-corrected chi connectivity index (χ4v) is 2.86. The molecule has 0 fully saturated rings. The molecule has 1 unspecified atom stereocenters. The third kappa shape index (κ3) is 6.03. The summed E-state index contributed by atoms with van der Waals surface area (Å²) >= 11 is 0. The van der Waals surface area contributed by atoms with E-state index in [0.717, 1.165) is 0 Å². The smallest absolute Gasteiger partial charge is 0.315 e. The molecule has 0 aliphatic rings. The number of nitrogens with one attached hydrogen (secondary N) is 2. The van der Waals surface area contributed by atoms with Crippen molar-refractivity contribution in [3.8, 4) is 11.5 Å². The highest BCUT2D eigenvalue weighted by Gasteiger charge is 2.24. The topological polar surface area (TPSA) is 105 Å². The van der Waals surface area contributed by atoms with E-state index in [0.29, 0.717) is 28.3 Å². The number of nitroso groups, excluding NO2 is 1. The van der Waals surface area contributed by atoms with Crippen LogP contribution < -0.4 is 20.0 Å². The molecule has 1 atom stereocenters. The van der Waals surface area contributed by atoms with Crippen LogP contribution in [0.3, 0.4) is 0 Å². The largest absolute Gasteiger partial charge is 0.493 e. The zero-order chi connectivity index (χ0) is 21.2. The minimum atomic E-state index is -0.701. The van der Waals surface area contributed by atoms with Crippen molar-refractivity contribution in [1.82, 2.24) is 5.32 Å². The van der Waals surface area contributed by atoms with Crippen molar-refractivity contribution in [3.63, 3.8) is 0 Å². The van der Waals surface area contributed by atoms with Crippen LogP contribution in [-0.2, 0) is 20.7 Å². The van der Waals surface area contributed by atoms with Crippen molar-refractivity contribution in [2.45, 2.75) is 19.3 Å². The molecule has 0 aliphatic heterocycles. The number of rotatable bonds is 10. The number of hydrogen-bond donors (Lipinski definition) is 2. The van der Waals surface area contributed by atoms with E-state index in [4.69, 9.17) is 14.2 Å². The van der Waals surface area contributed by atoms with Gasteiger partial charge in [0.25, 0.3) is 5.69 Å². The summed E-state index contributed by atoms with van der Waals surface area (Å²) in [6.07, 6.45) is 0.0804. The van der Waals surface area contributed by atoms with Crippen molar-refractivity contribution in [1.29, 1.82) is 0 Å². The first kappa shape index (κ1) is 21.9. The lowest BCUT2D eigenvalue weighted by atomic mass is 9.98. The molecule has 2 aromatic rings. The van der Waals surface area contributed by atoms with E-state index in [1.807, 2.05) is 0 Å². The quantitative estimate of drug-likeness (QED) is 0.580. The predicted molar refractivity (Wildman–Crippen MR) is 106 cm³/mol. The maximum absolute atomic E-state index is 12.5. The zero-order valence-electron chi connectivity index (χ0n) is 16.7. The third-order valence-electron chi connectivity index (χ3n) is 4.29. The Labute approximate surface area is 169 Å². The fourth-order valence-electron chi connectivity index (χ4n) is 2.86. The Morgan fingerprint density at radius 2 is 1.83 bits per heavy atom. The number of amides is 1. The van der Waals surface area contributed by atoms with Crippen molar-refractivity contribution < 1.29 is 29.0 Å². The first-order chi connectivity index (χ1) is 14.0. The molecule has 1 amide bonds. The Bertz CT molecular complexity index is 868. The molecule has 0 saturated carbocycles. The molecule has 8 nitrogen and oxygen atoms in total. The standard InChI is InChI=1S/C21H24N2O6/c1-4-29-21(25)17(15-8-9-18(27-2)19(12-15)28-3)13-22-20(24)11-14-6-5-7-16(10-14)23-26/h5-10,12,17H,4,11,13H2,1-3H3,(H,22,24)/p+1. The number of carbonyl (C=O) groups excluding carboxylic acids is 2. The minimum Gasteiger partial charge on any atom is -0.493 e. The molecule has 2 N–H and O–H groups in total. The van der Waals surface area contributed by atoms with Gasteiger partial charge in [-0.15, -0.1) is 0 Å². The van der Waals surface area contributed by atoms with E-state index >= 15 is 0 Å². The molecule has 0 aromatic heterocycles. The highest BCUT2D eigenvalue weighted by molar-refractivity contribution is 5.82. The van der Waals surface area contributed by atoms with Crippen LogP contribution >= 0.6 is 0 Å². The molecule has 0 bridgehead atoms. The lowest BCUT2D eigenvalue weighted by Crippen LogP contribution is -2.55. The first-order valence-electron chi connectivity index (χ1n) is 9.14. The van der Waals surface area contributed by atoms with Crippen molar-refractivity contribution in [3.05, 3.63) is 58.5 Å². The van der Waals surface area contributed by atoms with Gasteiger partial charge in [0.15, 0.2) is 11.5 Å². The Morgan fingerprint density at radius 1 is 1.07 bits per heavy atom. The van der Waals surface area contributed by atoms with Crippen LogP contribution in [0.25, 0.3) is 0 Å². The number of carbonyl (C=O) groups is 2. The Hall–Kier alpha value is -3.42. The first-order valence-corrected chi connectivity index (χ1v) is 9.14. The second-order valence-electron chi connectivity index (χ2n) is 6.20. The number of ether oxygens (including phenoxy) is 3. The highest BCUT2D eigenvalue weighted by Crippen LogP contribution is 2.31. The Kier molecular flexibility index (Phi) is 8.14. The van der Waals surface area contributed by atoms with Crippen molar-refractivity contribution in [2.75, 3.05) is 27.4 Å². The van der Waals surface area contributed by atoms with Gasteiger partial charge in [-0.1, -0.05) is 18.2 Å². The number of hydrogen-bond acceptors (Lipinski definition) is 6. The summed E-state index contributed by atoms with van der Waals surface area (Å²) in [6.45, 7) is 2.01. The van der Waals surface area contributed by atoms with E-state index in [1.165, 1.54) is 14.2 Å². The summed E-state index contributed by atoms with van der Waals surface area (Å²) in [5, 5.41) is 4.56. The van der Waals surface area contributed by atoms with Gasteiger partial charge >= 0.3 is 5.97 Å². The van der Waals surface area contributed by atoms with Crippen LogP contribution in [0, 0.1) is 4.91 Å². The van der Waals surface area contributed by atoms with Crippen LogP contribution in [0.2, 0.25) is 0 Å². The minimum absolute atomic E-state index is 0.0621. The van der Waals surface area contributed by atoms with Crippen LogP contribution in [0.4, 0.5) is 5.69 Å². The van der Waals surface area contributed by atoms with Gasteiger partial charge < -0.3 is 19.5 Å². The number of benzene rings is 2. The lowest BCUT2D eigenvalue weighted by Gasteiger charge is -2.18. The molecular weight excluding hydrogens is 376 g/mol. The van der Waals surface area contributed by atoms with Gasteiger partial charge in [-0.2, -0.15) is 0 Å². The van der Waals surface area contributed by atoms with Gasteiger partial charge in [0, 0.05) is 28.8 Å². The average Bonchev–Trinajstić information content (AvgIpc) is 2.74. The number of methoxy groups -OCH3 is 2. The molecule has 0 aliphatic carbocycles. The molecule has 2 aromatic carbocycles. The molecule has 0 radical (unpaired) electrons. The van der Waals surface area contributed by atoms with Gasteiger partial charge in [-0.25, -0.2) is 0 Å².